The fourth-order valence-corrected chi connectivity index (χ4v) is 3.28. The number of para-hydroxylation sites is 1. The van der Waals surface area contributed by atoms with Gasteiger partial charge >= 0.3 is 0 Å². The largest absolute Gasteiger partial charge is 0.347 e. The first-order valence-corrected chi connectivity index (χ1v) is 7.32. The van der Waals surface area contributed by atoms with Crippen molar-refractivity contribution in [2.45, 2.75) is 40.2 Å². The molecule has 104 valence electrons. The van der Waals surface area contributed by atoms with Crippen LogP contribution in [0.25, 0.3) is 16.5 Å². The summed E-state index contributed by atoms with van der Waals surface area (Å²) < 4.78 is 2.26. The highest BCUT2D eigenvalue weighted by atomic mass is 16.1. The number of rotatable bonds is 2. The Kier molecular flexibility index (Phi) is 3.04. The van der Waals surface area contributed by atoms with Crippen LogP contribution in [0.4, 0.5) is 0 Å². The summed E-state index contributed by atoms with van der Waals surface area (Å²) in [6.07, 6.45) is 5.68. The average Bonchev–Trinajstić information content (AvgIpc) is 2.75. The second kappa shape index (κ2) is 4.62. The minimum Gasteiger partial charge on any atom is -0.347 e. The summed E-state index contributed by atoms with van der Waals surface area (Å²) in [6, 6.07) is 8.45. The van der Waals surface area contributed by atoms with Crippen molar-refractivity contribution in [2.75, 3.05) is 0 Å². The highest BCUT2D eigenvalue weighted by Crippen LogP contribution is 2.40. The first-order chi connectivity index (χ1) is 9.50. The lowest BCUT2D eigenvalue weighted by Crippen LogP contribution is -2.21. The van der Waals surface area contributed by atoms with E-state index in [4.69, 9.17) is 0 Å². The lowest BCUT2D eigenvalue weighted by Gasteiger charge is -2.28. The molecule has 0 bridgehead atoms. The second-order valence-electron chi connectivity index (χ2n) is 6.50. The minimum atomic E-state index is 0.0661. The van der Waals surface area contributed by atoms with Gasteiger partial charge in [0.05, 0.1) is 0 Å². The molecule has 1 aromatic heterocycles. The monoisotopic (exact) mass is 267 g/mol. The van der Waals surface area contributed by atoms with Gasteiger partial charge in [-0.3, -0.25) is 4.79 Å². The van der Waals surface area contributed by atoms with E-state index in [2.05, 4.69) is 55.8 Å². The maximum absolute atomic E-state index is 12.0. The van der Waals surface area contributed by atoms with E-state index in [1.54, 1.807) is 0 Å². The molecule has 1 aliphatic carbocycles. The predicted molar refractivity (Wildman–Crippen MR) is 83.6 cm³/mol. The normalized spacial score (nSPS) is 18.4. The van der Waals surface area contributed by atoms with Gasteiger partial charge in [0.25, 0.3) is 0 Å². The van der Waals surface area contributed by atoms with Gasteiger partial charge in [0.15, 0.2) is 5.78 Å². The van der Waals surface area contributed by atoms with Gasteiger partial charge in [-0.05, 0) is 36.5 Å². The number of ketones is 1. The van der Waals surface area contributed by atoms with E-state index in [-0.39, 0.29) is 11.2 Å². The number of fused-ring (bicyclic) bond motifs is 1. The molecule has 0 saturated carbocycles. The van der Waals surface area contributed by atoms with E-state index in [0.29, 0.717) is 6.42 Å². The second-order valence-corrected chi connectivity index (χ2v) is 6.50. The molecule has 1 aliphatic rings. The summed E-state index contributed by atoms with van der Waals surface area (Å²) in [7, 11) is 0. The topological polar surface area (TPSA) is 22.0 Å². The molecule has 0 N–H and O–H groups in total. The molecule has 1 aromatic carbocycles. The molecule has 0 radical (unpaired) electrons. The van der Waals surface area contributed by atoms with E-state index in [9.17, 15) is 4.79 Å². The van der Waals surface area contributed by atoms with Crippen LogP contribution in [-0.2, 0) is 11.3 Å². The van der Waals surface area contributed by atoms with Crippen LogP contribution < -0.4 is 0 Å². The van der Waals surface area contributed by atoms with Crippen molar-refractivity contribution in [2.24, 2.45) is 5.41 Å². The molecule has 1 heterocycles. The highest BCUT2D eigenvalue weighted by molar-refractivity contribution is 6.03. The molecule has 0 aliphatic heterocycles. The third kappa shape index (κ3) is 2.20. The Bertz CT molecular complexity index is 703. The van der Waals surface area contributed by atoms with Gasteiger partial charge in [-0.2, -0.15) is 0 Å². The zero-order chi connectivity index (χ0) is 14.3. The molecule has 2 aromatic rings. The number of allylic oxidation sites excluding steroid dienone is 2. The summed E-state index contributed by atoms with van der Waals surface area (Å²) in [5, 5.41) is 1.26. The maximum Gasteiger partial charge on any atom is 0.156 e. The summed E-state index contributed by atoms with van der Waals surface area (Å²) >= 11 is 0. The Morgan fingerprint density at radius 2 is 1.95 bits per heavy atom. The van der Waals surface area contributed by atoms with Crippen molar-refractivity contribution in [3.63, 3.8) is 0 Å². The molecule has 0 atom stereocenters. The number of benzene rings is 1. The number of aryl methyl sites for hydroxylation is 1. The van der Waals surface area contributed by atoms with Crippen LogP contribution in [0.15, 0.2) is 36.5 Å². The lowest BCUT2D eigenvalue weighted by atomic mass is 9.75. The van der Waals surface area contributed by atoms with Crippen molar-refractivity contribution in [3.05, 3.63) is 42.1 Å². The van der Waals surface area contributed by atoms with Crippen LogP contribution in [0.3, 0.4) is 0 Å². The van der Waals surface area contributed by atoms with Crippen LogP contribution in [0.2, 0.25) is 0 Å². The van der Waals surface area contributed by atoms with E-state index in [1.165, 1.54) is 22.0 Å². The third-order valence-corrected chi connectivity index (χ3v) is 4.13. The number of aromatic nitrogens is 1. The molecule has 0 saturated heterocycles. The predicted octanol–water partition coefficient (Wildman–Crippen LogP) is 4.43. The molecule has 0 unspecified atom stereocenters. The first-order valence-electron chi connectivity index (χ1n) is 7.32. The Morgan fingerprint density at radius 3 is 2.65 bits per heavy atom. The number of carbonyl (C=O) groups is 1. The molecule has 3 rings (SSSR count). The van der Waals surface area contributed by atoms with Gasteiger partial charge in [-0.25, -0.2) is 0 Å². The summed E-state index contributed by atoms with van der Waals surface area (Å²) in [5.74, 6) is 0.254. The number of hydrogen-bond acceptors (Lipinski definition) is 1. The fourth-order valence-electron chi connectivity index (χ4n) is 3.28. The Balaban J connectivity index is 2.17. The zero-order valence-electron chi connectivity index (χ0n) is 12.4. The van der Waals surface area contributed by atoms with E-state index < -0.39 is 0 Å². The number of hydrogen-bond donors (Lipinski definition) is 0. The molecular weight excluding hydrogens is 246 g/mol. The van der Waals surface area contributed by atoms with Gasteiger partial charge in [-0.1, -0.05) is 32.0 Å². The molecular formula is C18H21NO. The quantitative estimate of drug-likeness (QED) is 0.788. The maximum atomic E-state index is 12.0. The summed E-state index contributed by atoms with van der Waals surface area (Å²) in [6.45, 7) is 7.46. The van der Waals surface area contributed by atoms with Gasteiger partial charge < -0.3 is 4.57 Å². The van der Waals surface area contributed by atoms with Gasteiger partial charge in [0.1, 0.15) is 0 Å². The Morgan fingerprint density at radius 1 is 1.20 bits per heavy atom. The van der Waals surface area contributed by atoms with Gasteiger partial charge in [0, 0.05) is 35.6 Å². The lowest BCUT2D eigenvalue weighted by molar-refractivity contribution is -0.116. The highest BCUT2D eigenvalue weighted by Gasteiger charge is 2.29. The molecule has 2 nitrogen and oxygen atoms in total. The average molecular weight is 267 g/mol. The molecule has 0 fully saturated rings. The standard InChI is InChI=1S/C18H21NO/c1-4-19-12-16(15-7-5-6-8-17(15)19)13-9-14(20)11-18(2,3)10-13/h5-9,12H,4,10-11H2,1-3H3. The SMILES string of the molecule is CCn1cc(C2=CC(=O)CC(C)(C)C2)c2ccccc21. The Labute approximate surface area is 120 Å². The molecule has 2 heteroatoms. The van der Waals surface area contributed by atoms with Crippen LogP contribution in [0, 0.1) is 5.41 Å². The molecule has 0 spiro atoms. The van der Waals surface area contributed by atoms with Crippen LogP contribution >= 0.6 is 0 Å². The zero-order valence-corrected chi connectivity index (χ0v) is 12.4. The van der Waals surface area contributed by atoms with Crippen LogP contribution in [-0.4, -0.2) is 10.4 Å². The van der Waals surface area contributed by atoms with Crippen molar-refractivity contribution < 1.29 is 4.79 Å². The Hall–Kier alpha value is -1.83. The van der Waals surface area contributed by atoms with Crippen molar-refractivity contribution in [1.29, 1.82) is 0 Å². The molecule has 20 heavy (non-hydrogen) atoms. The number of carbonyl (C=O) groups excluding carboxylic acids is 1. The van der Waals surface area contributed by atoms with Crippen molar-refractivity contribution in [1.82, 2.24) is 4.57 Å². The van der Waals surface area contributed by atoms with Crippen molar-refractivity contribution in [3.8, 4) is 0 Å². The first kappa shape index (κ1) is 13.2. The third-order valence-electron chi connectivity index (χ3n) is 4.13. The fraction of sp³-hybridized carbons (Fsp3) is 0.389. The van der Waals surface area contributed by atoms with Crippen LogP contribution in [0.5, 0.6) is 0 Å². The van der Waals surface area contributed by atoms with E-state index >= 15 is 0 Å². The number of nitrogens with zero attached hydrogens (tertiary/aromatic N) is 1. The van der Waals surface area contributed by atoms with Gasteiger partial charge in [-0.15, -0.1) is 0 Å². The minimum absolute atomic E-state index is 0.0661. The molecule has 0 amide bonds. The van der Waals surface area contributed by atoms with Gasteiger partial charge in [0.2, 0.25) is 0 Å². The summed E-state index contributed by atoms with van der Waals surface area (Å²) in [4.78, 5) is 12.0. The summed E-state index contributed by atoms with van der Waals surface area (Å²) in [5.41, 5.74) is 3.73. The van der Waals surface area contributed by atoms with E-state index in [1.807, 2.05) is 6.08 Å². The van der Waals surface area contributed by atoms with Crippen LogP contribution in [0.1, 0.15) is 39.2 Å². The van der Waals surface area contributed by atoms with E-state index in [0.717, 1.165) is 13.0 Å². The smallest absolute Gasteiger partial charge is 0.156 e. The van der Waals surface area contributed by atoms with Crippen molar-refractivity contribution >= 4 is 22.3 Å².